The fourth-order valence-corrected chi connectivity index (χ4v) is 3.28. The van der Waals surface area contributed by atoms with E-state index in [1.165, 1.54) is 10.8 Å². The average molecular weight is 370 g/mol. The molecule has 1 aromatic heterocycles. The van der Waals surface area contributed by atoms with Crippen molar-refractivity contribution in [3.8, 4) is 16.9 Å². The Hall–Kier alpha value is -1.87. The fourth-order valence-electron chi connectivity index (χ4n) is 2.90. The highest BCUT2D eigenvalue weighted by atomic mass is 79.9. The van der Waals surface area contributed by atoms with Gasteiger partial charge >= 0.3 is 0 Å². The zero-order valence-corrected chi connectivity index (χ0v) is 15.4. The maximum absolute atomic E-state index is 6.15. The molecule has 1 heterocycles. The number of aromatic nitrogens is 1. The minimum absolute atomic E-state index is 0.0984. The van der Waals surface area contributed by atoms with Crippen LogP contribution >= 0.6 is 15.9 Å². The molecule has 3 rings (SSSR count). The van der Waals surface area contributed by atoms with Crippen molar-refractivity contribution < 1.29 is 4.74 Å². The summed E-state index contributed by atoms with van der Waals surface area (Å²) >= 11 is 3.67. The van der Waals surface area contributed by atoms with Crippen LogP contribution in [0.2, 0.25) is 0 Å². The first-order valence-corrected chi connectivity index (χ1v) is 8.60. The van der Waals surface area contributed by atoms with E-state index in [1.54, 1.807) is 0 Å². The van der Waals surface area contributed by atoms with Gasteiger partial charge in [0.05, 0.1) is 16.3 Å². The van der Waals surface area contributed by atoms with E-state index in [4.69, 9.17) is 9.72 Å². The van der Waals surface area contributed by atoms with Gasteiger partial charge in [-0.05, 0) is 60.0 Å². The Balaban J connectivity index is 2.36. The van der Waals surface area contributed by atoms with Gasteiger partial charge in [0.15, 0.2) is 0 Å². The van der Waals surface area contributed by atoms with E-state index in [9.17, 15) is 0 Å². The molecule has 118 valence electrons. The number of benzene rings is 2. The van der Waals surface area contributed by atoms with Crippen molar-refractivity contribution in [3.05, 3.63) is 58.3 Å². The van der Waals surface area contributed by atoms with Crippen molar-refractivity contribution in [2.24, 2.45) is 0 Å². The van der Waals surface area contributed by atoms with Gasteiger partial charge < -0.3 is 4.74 Å². The Labute approximate surface area is 145 Å². The summed E-state index contributed by atoms with van der Waals surface area (Å²) in [6.45, 7) is 8.13. The van der Waals surface area contributed by atoms with Gasteiger partial charge in [-0.25, -0.2) is 0 Å². The minimum atomic E-state index is 0.0984. The fraction of sp³-hybridized carbons (Fsp3) is 0.250. The third-order valence-electron chi connectivity index (χ3n) is 3.85. The summed E-state index contributed by atoms with van der Waals surface area (Å²) in [5.74, 6) is 0.876. The number of hydrogen-bond donors (Lipinski definition) is 0. The Kier molecular flexibility index (Phi) is 4.40. The molecular formula is C20H20BrNO. The molecule has 0 aliphatic heterocycles. The minimum Gasteiger partial charge on any atom is -0.489 e. The average Bonchev–Trinajstić information content (AvgIpc) is 2.52. The summed E-state index contributed by atoms with van der Waals surface area (Å²) in [6.07, 6.45) is 0.0984. The van der Waals surface area contributed by atoms with Crippen molar-refractivity contribution in [1.82, 2.24) is 4.98 Å². The van der Waals surface area contributed by atoms with E-state index in [1.807, 2.05) is 27.7 Å². The standard InChI is InChI=1S/C20H20BrNO/c1-12(2)23-20-18(13(3)22-14(4)19(20)21)17-11-7-9-15-8-5-6-10-16(15)17/h5-12H,1-4H3. The molecule has 0 atom stereocenters. The number of nitrogens with zero attached hydrogens (tertiary/aromatic N) is 1. The summed E-state index contributed by atoms with van der Waals surface area (Å²) in [5, 5.41) is 2.43. The zero-order valence-electron chi connectivity index (χ0n) is 13.9. The van der Waals surface area contributed by atoms with E-state index in [0.717, 1.165) is 32.7 Å². The Morgan fingerprint density at radius 3 is 2.39 bits per heavy atom. The van der Waals surface area contributed by atoms with Gasteiger partial charge in [0.25, 0.3) is 0 Å². The molecule has 0 saturated carbocycles. The molecular weight excluding hydrogens is 350 g/mol. The largest absolute Gasteiger partial charge is 0.489 e. The number of fused-ring (bicyclic) bond motifs is 1. The van der Waals surface area contributed by atoms with Crippen molar-refractivity contribution in [2.45, 2.75) is 33.8 Å². The van der Waals surface area contributed by atoms with Crippen LogP contribution in [0.5, 0.6) is 5.75 Å². The van der Waals surface area contributed by atoms with E-state index in [-0.39, 0.29) is 6.10 Å². The monoisotopic (exact) mass is 369 g/mol. The highest BCUT2D eigenvalue weighted by molar-refractivity contribution is 9.10. The van der Waals surface area contributed by atoms with Crippen LogP contribution in [-0.2, 0) is 0 Å². The quantitative estimate of drug-likeness (QED) is 0.558. The molecule has 0 amide bonds. The third kappa shape index (κ3) is 2.98. The maximum atomic E-state index is 6.15. The summed E-state index contributed by atoms with van der Waals surface area (Å²) < 4.78 is 7.08. The molecule has 3 heteroatoms. The van der Waals surface area contributed by atoms with Gasteiger partial charge in [-0.15, -0.1) is 0 Å². The highest BCUT2D eigenvalue weighted by Crippen LogP contribution is 2.42. The molecule has 0 aliphatic rings. The molecule has 0 radical (unpaired) electrons. The molecule has 0 fully saturated rings. The van der Waals surface area contributed by atoms with E-state index < -0.39 is 0 Å². The lowest BCUT2D eigenvalue weighted by Gasteiger charge is -2.20. The summed E-state index contributed by atoms with van der Waals surface area (Å²) in [5.41, 5.74) is 4.15. The molecule has 0 unspecified atom stereocenters. The lowest BCUT2D eigenvalue weighted by Crippen LogP contribution is -2.09. The number of halogens is 1. The van der Waals surface area contributed by atoms with Crippen LogP contribution in [0.1, 0.15) is 25.2 Å². The van der Waals surface area contributed by atoms with Crippen molar-refractivity contribution >= 4 is 26.7 Å². The SMILES string of the molecule is Cc1nc(C)c(-c2cccc3ccccc23)c(OC(C)C)c1Br. The third-order valence-corrected chi connectivity index (χ3v) is 4.79. The van der Waals surface area contributed by atoms with Crippen LogP contribution in [0.25, 0.3) is 21.9 Å². The molecule has 2 nitrogen and oxygen atoms in total. The molecule has 0 saturated heterocycles. The van der Waals surface area contributed by atoms with E-state index in [2.05, 4.69) is 58.4 Å². The summed E-state index contributed by atoms with van der Waals surface area (Å²) in [7, 11) is 0. The Morgan fingerprint density at radius 2 is 1.65 bits per heavy atom. The molecule has 3 aromatic rings. The zero-order chi connectivity index (χ0) is 16.6. The number of aryl methyl sites for hydroxylation is 2. The maximum Gasteiger partial charge on any atom is 0.145 e. The molecule has 2 aromatic carbocycles. The molecule has 0 spiro atoms. The number of ether oxygens (including phenoxy) is 1. The predicted octanol–water partition coefficient (Wildman–Crippen LogP) is 6.07. The van der Waals surface area contributed by atoms with Crippen LogP contribution in [0.15, 0.2) is 46.9 Å². The second-order valence-corrected chi connectivity index (χ2v) is 6.79. The van der Waals surface area contributed by atoms with Gasteiger partial charge in [-0.1, -0.05) is 42.5 Å². The van der Waals surface area contributed by atoms with Crippen molar-refractivity contribution in [2.75, 3.05) is 0 Å². The lowest BCUT2D eigenvalue weighted by molar-refractivity contribution is 0.241. The van der Waals surface area contributed by atoms with Crippen LogP contribution < -0.4 is 4.74 Å². The summed E-state index contributed by atoms with van der Waals surface area (Å²) in [4.78, 5) is 4.70. The van der Waals surface area contributed by atoms with Crippen LogP contribution in [0, 0.1) is 13.8 Å². The molecule has 0 bridgehead atoms. The Bertz CT molecular complexity index is 866. The second kappa shape index (κ2) is 6.32. The number of rotatable bonds is 3. The summed E-state index contributed by atoms with van der Waals surface area (Å²) in [6, 6.07) is 14.8. The molecule has 23 heavy (non-hydrogen) atoms. The Morgan fingerprint density at radius 1 is 0.957 bits per heavy atom. The van der Waals surface area contributed by atoms with E-state index in [0.29, 0.717) is 0 Å². The highest BCUT2D eigenvalue weighted by Gasteiger charge is 2.19. The first kappa shape index (κ1) is 16.0. The van der Waals surface area contributed by atoms with Crippen molar-refractivity contribution in [1.29, 1.82) is 0 Å². The first-order valence-electron chi connectivity index (χ1n) is 7.80. The van der Waals surface area contributed by atoms with Gasteiger partial charge in [0.1, 0.15) is 5.75 Å². The topological polar surface area (TPSA) is 22.1 Å². The predicted molar refractivity (Wildman–Crippen MR) is 100 cm³/mol. The number of hydrogen-bond acceptors (Lipinski definition) is 2. The van der Waals surface area contributed by atoms with Gasteiger partial charge in [0, 0.05) is 11.3 Å². The van der Waals surface area contributed by atoms with Crippen LogP contribution in [-0.4, -0.2) is 11.1 Å². The van der Waals surface area contributed by atoms with Gasteiger partial charge in [-0.3, -0.25) is 4.98 Å². The molecule has 0 N–H and O–H groups in total. The van der Waals surface area contributed by atoms with Crippen LogP contribution in [0.3, 0.4) is 0 Å². The molecule has 0 aliphatic carbocycles. The van der Waals surface area contributed by atoms with Gasteiger partial charge in [-0.2, -0.15) is 0 Å². The smallest absolute Gasteiger partial charge is 0.145 e. The normalized spacial score (nSPS) is 11.2. The van der Waals surface area contributed by atoms with Crippen LogP contribution in [0.4, 0.5) is 0 Å². The number of pyridine rings is 1. The second-order valence-electron chi connectivity index (χ2n) is 5.99. The van der Waals surface area contributed by atoms with Gasteiger partial charge in [0.2, 0.25) is 0 Å². The first-order chi connectivity index (χ1) is 11.0. The lowest BCUT2D eigenvalue weighted by atomic mass is 9.96. The van der Waals surface area contributed by atoms with Crippen molar-refractivity contribution in [3.63, 3.8) is 0 Å². The van der Waals surface area contributed by atoms with E-state index >= 15 is 0 Å².